The first-order valence-electron chi connectivity index (χ1n) is 9.27. The summed E-state index contributed by atoms with van der Waals surface area (Å²) in [7, 11) is 0. The monoisotopic (exact) mass is 369 g/mol. The van der Waals surface area contributed by atoms with Gasteiger partial charge in [-0.15, -0.1) is 0 Å². The molecule has 7 heteroatoms. The van der Waals surface area contributed by atoms with Gasteiger partial charge in [0.2, 0.25) is 11.8 Å². The molecule has 27 heavy (non-hydrogen) atoms. The fourth-order valence-corrected chi connectivity index (χ4v) is 4.05. The van der Waals surface area contributed by atoms with Gasteiger partial charge in [0, 0.05) is 18.0 Å². The number of primary amides is 1. The zero-order valence-corrected chi connectivity index (χ0v) is 15.4. The van der Waals surface area contributed by atoms with Gasteiger partial charge in [-0.1, -0.05) is 0 Å². The minimum absolute atomic E-state index is 0.0332. The summed E-state index contributed by atoms with van der Waals surface area (Å²) in [5.41, 5.74) is 5.85. The quantitative estimate of drug-likeness (QED) is 0.841. The van der Waals surface area contributed by atoms with Crippen LogP contribution in [0.5, 0.6) is 11.6 Å². The molecular formula is C20H23N3O4. The molecule has 2 amide bonds. The lowest BCUT2D eigenvalue weighted by Gasteiger charge is -2.21. The molecule has 1 aromatic heterocycles. The Morgan fingerprint density at radius 3 is 2.89 bits per heavy atom. The molecule has 1 aliphatic carbocycles. The largest absolute Gasteiger partial charge is 0.490 e. The Morgan fingerprint density at radius 1 is 1.33 bits per heavy atom. The van der Waals surface area contributed by atoms with Crippen molar-refractivity contribution in [2.75, 3.05) is 0 Å². The molecule has 1 aromatic carbocycles. The van der Waals surface area contributed by atoms with Crippen molar-refractivity contribution in [2.45, 2.75) is 51.4 Å². The van der Waals surface area contributed by atoms with E-state index in [2.05, 4.69) is 10.3 Å². The van der Waals surface area contributed by atoms with Crippen molar-refractivity contribution >= 4 is 22.6 Å². The van der Waals surface area contributed by atoms with E-state index in [0.29, 0.717) is 29.5 Å². The van der Waals surface area contributed by atoms with Crippen molar-refractivity contribution < 1.29 is 19.1 Å². The fourth-order valence-electron chi connectivity index (χ4n) is 4.05. The molecule has 1 saturated heterocycles. The van der Waals surface area contributed by atoms with Crippen LogP contribution in [0.15, 0.2) is 24.4 Å². The average molecular weight is 369 g/mol. The smallest absolute Gasteiger partial charge is 0.252 e. The highest BCUT2D eigenvalue weighted by molar-refractivity contribution is 6.01. The van der Waals surface area contributed by atoms with Crippen LogP contribution in [0.4, 0.5) is 0 Å². The predicted molar refractivity (Wildman–Crippen MR) is 99.7 cm³/mol. The zero-order valence-electron chi connectivity index (χ0n) is 15.4. The summed E-state index contributed by atoms with van der Waals surface area (Å²) < 4.78 is 12.0. The van der Waals surface area contributed by atoms with Gasteiger partial charge < -0.3 is 20.5 Å². The Bertz CT molecular complexity index is 911. The first kappa shape index (κ1) is 17.6. The predicted octanol–water partition coefficient (Wildman–Crippen LogP) is 2.17. The molecule has 2 aliphatic rings. The van der Waals surface area contributed by atoms with E-state index >= 15 is 0 Å². The molecule has 2 fully saturated rings. The van der Waals surface area contributed by atoms with E-state index in [9.17, 15) is 9.59 Å². The Labute approximate surface area is 157 Å². The number of rotatable bonds is 5. The first-order chi connectivity index (χ1) is 12.9. The summed E-state index contributed by atoms with van der Waals surface area (Å²) in [6.07, 6.45) is 3.84. The van der Waals surface area contributed by atoms with Gasteiger partial charge in [0.15, 0.2) is 0 Å². The van der Waals surface area contributed by atoms with E-state index in [-0.39, 0.29) is 24.2 Å². The lowest BCUT2D eigenvalue weighted by Crippen LogP contribution is -2.39. The maximum Gasteiger partial charge on any atom is 0.252 e. The van der Waals surface area contributed by atoms with Crippen molar-refractivity contribution in [3.8, 4) is 11.6 Å². The van der Waals surface area contributed by atoms with Gasteiger partial charge in [-0.3, -0.25) is 9.59 Å². The molecule has 4 rings (SSSR count). The van der Waals surface area contributed by atoms with E-state index in [1.807, 2.05) is 19.9 Å². The number of nitrogens with one attached hydrogen (secondary N) is 1. The maximum absolute atomic E-state index is 11.8. The first-order valence-corrected chi connectivity index (χ1v) is 9.27. The molecule has 0 bridgehead atoms. The molecule has 1 aliphatic heterocycles. The van der Waals surface area contributed by atoms with Crippen molar-refractivity contribution in [3.63, 3.8) is 0 Å². The fraction of sp³-hybridized carbons (Fsp3) is 0.450. The molecule has 2 aromatic rings. The van der Waals surface area contributed by atoms with Gasteiger partial charge in [0.05, 0.1) is 17.7 Å². The molecule has 0 radical (unpaired) electrons. The Balaban J connectivity index is 1.70. The van der Waals surface area contributed by atoms with Crippen LogP contribution in [-0.2, 0) is 4.79 Å². The normalized spacial score (nSPS) is 24.1. The topological polar surface area (TPSA) is 104 Å². The van der Waals surface area contributed by atoms with Crippen LogP contribution < -0.4 is 20.5 Å². The highest BCUT2D eigenvalue weighted by Gasteiger charge is 2.44. The highest BCUT2D eigenvalue weighted by Crippen LogP contribution is 2.37. The standard InChI is InChI=1S/C20H23N3O4/c1-10(2)26-16-9-13-11(7-14(16)19(21)25)5-6-22-20(13)27-15-4-3-12-8-17(24)23-18(12)15/h5-7,9-10,12,15,18H,3-4,8H2,1-2H3,(H2,21,25)(H,23,24). The number of ether oxygens (including phenoxy) is 2. The van der Waals surface area contributed by atoms with Crippen LogP contribution in [-0.4, -0.2) is 35.0 Å². The van der Waals surface area contributed by atoms with E-state index in [1.165, 1.54) is 0 Å². The maximum atomic E-state index is 11.8. The Hall–Kier alpha value is -2.83. The van der Waals surface area contributed by atoms with Crippen LogP contribution in [0.3, 0.4) is 0 Å². The van der Waals surface area contributed by atoms with Crippen LogP contribution >= 0.6 is 0 Å². The summed E-state index contributed by atoms with van der Waals surface area (Å²) >= 11 is 0. The van der Waals surface area contributed by atoms with Gasteiger partial charge in [0.1, 0.15) is 11.9 Å². The Morgan fingerprint density at radius 2 is 2.15 bits per heavy atom. The number of hydrogen-bond acceptors (Lipinski definition) is 5. The van der Waals surface area contributed by atoms with E-state index in [0.717, 1.165) is 23.6 Å². The highest BCUT2D eigenvalue weighted by atomic mass is 16.5. The van der Waals surface area contributed by atoms with Gasteiger partial charge in [-0.25, -0.2) is 4.98 Å². The number of nitrogens with zero attached hydrogens (tertiary/aromatic N) is 1. The molecule has 3 unspecified atom stereocenters. The summed E-state index contributed by atoms with van der Waals surface area (Å²) in [4.78, 5) is 27.9. The minimum atomic E-state index is -0.542. The number of carbonyl (C=O) groups is 2. The zero-order chi connectivity index (χ0) is 19.1. The number of aromatic nitrogens is 1. The van der Waals surface area contributed by atoms with Crippen molar-refractivity contribution in [1.29, 1.82) is 0 Å². The summed E-state index contributed by atoms with van der Waals surface area (Å²) in [6, 6.07) is 5.31. The second kappa shape index (κ2) is 6.72. The van der Waals surface area contributed by atoms with Crippen LogP contribution in [0.2, 0.25) is 0 Å². The second-order valence-electron chi connectivity index (χ2n) is 7.51. The number of benzene rings is 1. The molecule has 0 spiro atoms. The Kier molecular flexibility index (Phi) is 4.37. The summed E-state index contributed by atoms with van der Waals surface area (Å²) in [5.74, 6) is 0.769. The third-order valence-corrected chi connectivity index (χ3v) is 5.22. The van der Waals surface area contributed by atoms with Gasteiger partial charge >= 0.3 is 0 Å². The number of nitrogens with two attached hydrogens (primary N) is 1. The number of amides is 2. The summed E-state index contributed by atoms with van der Waals surface area (Å²) in [6.45, 7) is 3.77. The lowest BCUT2D eigenvalue weighted by molar-refractivity contribution is -0.119. The number of carbonyl (C=O) groups excluding carboxylic acids is 2. The van der Waals surface area contributed by atoms with E-state index < -0.39 is 5.91 Å². The lowest BCUT2D eigenvalue weighted by atomic mass is 10.0. The van der Waals surface area contributed by atoms with Crippen molar-refractivity contribution in [1.82, 2.24) is 10.3 Å². The van der Waals surface area contributed by atoms with Crippen LogP contribution in [0.25, 0.3) is 10.8 Å². The van der Waals surface area contributed by atoms with Gasteiger partial charge in [-0.05, 0) is 56.2 Å². The van der Waals surface area contributed by atoms with Crippen LogP contribution in [0, 0.1) is 5.92 Å². The number of fused-ring (bicyclic) bond motifs is 2. The van der Waals surface area contributed by atoms with Gasteiger partial charge in [-0.2, -0.15) is 0 Å². The number of hydrogen-bond donors (Lipinski definition) is 2. The SMILES string of the molecule is CC(C)Oc1cc2c(OC3CCC4CC(=O)NC43)nccc2cc1C(N)=O. The third-order valence-electron chi connectivity index (χ3n) is 5.22. The second-order valence-corrected chi connectivity index (χ2v) is 7.51. The van der Waals surface area contributed by atoms with Crippen molar-refractivity contribution in [3.05, 3.63) is 30.0 Å². The average Bonchev–Trinajstić information content (AvgIpc) is 3.14. The van der Waals surface area contributed by atoms with Crippen LogP contribution in [0.1, 0.15) is 43.5 Å². The molecule has 1 saturated carbocycles. The molecule has 7 nitrogen and oxygen atoms in total. The molecule has 3 N–H and O–H groups in total. The minimum Gasteiger partial charge on any atom is -0.490 e. The van der Waals surface area contributed by atoms with Gasteiger partial charge in [0.25, 0.3) is 5.91 Å². The van der Waals surface area contributed by atoms with Crippen molar-refractivity contribution in [2.24, 2.45) is 11.7 Å². The summed E-state index contributed by atoms with van der Waals surface area (Å²) in [5, 5.41) is 4.57. The number of pyridine rings is 1. The van der Waals surface area contributed by atoms with E-state index in [4.69, 9.17) is 15.2 Å². The molecule has 3 atom stereocenters. The van der Waals surface area contributed by atoms with E-state index in [1.54, 1.807) is 18.3 Å². The molecule has 2 heterocycles. The molecule has 142 valence electrons. The third kappa shape index (κ3) is 3.29. The molecular weight excluding hydrogens is 346 g/mol.